The van der Waals surface area contributed by atoms with E-state index >= 15 is 0 Å². The summed E-state index contributed by atoms with van der Waals surface area (Å²) in [4.78, 5) is 15.9. The van der Waals surface area contributed by atoms with Crippen molar-refractivity contribution in [3.8, 4) is 0 Å². The number of carbonyl (C=O) groups excluding carboxylic acids is 1. The maximum Gasteiger partial charge on any atom is 0.319 e. The molecule has 106 valence electrons. The van der Waals surface area contributed by atoms with E-state index in [-0.39, 0.29) is 6.03 Å². The van der Waals surface area contributed by atoms with Crippen molar-refractivity contribution in [2.45, 2.75) is 20.3 Å². The Morgan fingerprint density at radius 2 is 2.20 bits per heavy atom. The average molecular weight is 294 g/mol. The molecule has 2 N–H and O–H groups in total. The Balaban J connectivity index is 1.79. The molecule has 2 amide bonds. The highest BCUT2D eigenvalue weighted by molar-refractivity contribution is 6.30. The van der Waals surface area contributed by atoms with E-state index in [1.807, 2.05) is 6.92 Å². The Morgan fingerprint density at radius 1 is 1.40 bits per heavy atom. The van der Waals surface area contributed by atoms with Crippen molar-refractivity contribution in [1.29, 1.82) is 0 Å². The van der Waals surface area contributed by atoms with Crippen molar-refractivity contribution < 1.29 is 9.21 Å². The van der Waals surface area contributed by atoms with Gasteiger partial charge in [-0.05, 0) is 25.1 Å². The fraction of sp³-hybridized carbons (Fsp3) is 0.286. The SMILES string of the molecule is Cc1nc(C)c(CCNC(=O)Nc2cccc(Cl)c2)o1. The summed E-state index contributed by atoms with van der Waals surface area (Å²) in [5.74, 6) is 1.44. The molecule has 0 aliphatic carbocycles. The lowest BCUT2D eigenvalue weighted by atomic mass is 10.3. The van der Waals surface area contributed by atoms with E-state index in [1.165, 1.54) is 0 Å². The van der Waals surface area contributed by atoms with Gasteiger partial charge in [-0.2, -0.15) is 0 Å². The Morgan fingerprint density at radius 3 is 2.85 bits per heavy atom. The summed E-state index contributed by atoms with van der Waals surface area (Å²) in [6.45, 7) is 4.16. The van der Waals surface area contributed by atoms with Gasteiger partial charge >= 0.3 is 6.03 Å². The number of amides is 2. The lowest BCUT2D eigenvalue weighted by molar-refractivity contribution is 0.252. The molecule has 0 bridgehead atoms. The zero-order valence-electron chi connectivity index (χ0n) is 11.4. The van der Waals surface area contributed by atoms with Crippen molar-refractivity contribution in [2.24, 2.45) is 0 Å². The monoisotopic (exact) mass is 293 g/mol. The van der Waals surface area contributed by atoms with Crippen LogP contribution in [0.2, 0.25) is 5.02 Å². The molecule has 0 saturated carbocycles. The first kappa shape index (κ1) is 14.4. The Bertz CT molecular complexity index is 610. The van der Waals surface area contributed by atoms with E-state index in [4.69, 9.17) is 16.0 Å². The molecule has 1 aromatic carbocycles. The fourth-order valence-electron chi connectivity index (χ4n) is 1.84. The Hall–Kier alpha value is -2.01. The summed E-state index contributed by atoms with van der Waals surface area (Å²) in [7, 11) is 0. The minimum Gasteiger partial charge on any atom is -0.446 e. The number of nitrogens with one attached hydrogen (secondary N) is 2. The largest absolute Gasteiger partial charge is 0.446 e. The van der Waals surface area contributed by atoms with Crippen molar-refractivity contribution >= 4 is 23.3 Å². The van der Waals surface area contributed by atoms with Gasteiger partial charge in [0.15, 0.2) is 5.89 Å². The van der Waals surface area contributed by atoms with Gasteiger partial charge in [0, 0.05) is 30.6 Å². The first-order chi connectivity index (χ1) is 9.54. The summed E-state index contributed by atoms with van der Waals surface area (Å²) >= 11 is 5.84. The van der Waals surface area contributed by atoms with Crippen LogP contribution in [0.4, 0.5) is 10.5 Å². The molecule has 0 aliphatic rings. The quantitative estimate of drug-likeness (QED) is 0.909. The van der Waals surface area contributed by atoms with Gasteiger partial charge in [-0.15, -0.1) is 0 Å². The predicted octanol–water partition coefficient (Wildman–Crippen LogP) is 3.31. The number of benzene rings is 1. The summed E-state index contributed by atoms with van der Waals surface area (Å²) in [5, 5.41) is 6.04. The molecule has 0 aliphatic heterocycles. The van der Waals surface area contributed by atoms with Crippen LogP contribution in [0, 0.1) is 13.8 Å². The molecule has 0 saturated heterocycles. The van der Waals surface area contributed by atoms with Gasteiger partial charge in [-0.3, -0.25) is 0 Å². The number of urea groups is 1. The molecule has 0 fully saturated rings. The van der Waals surface area contributed by atoms with Crippen LogP contribution < -0.4 is 10.6 Å². The average Bonchev–Trinajstić information content (AvgIpc) is 2.68. The number of hydrogen-bond donors (Lipinski definition) is 2. The Labute approximate surface area is 122 Å². The second-order valence-corrected chi connectivity index (χ2v) is 4.82. The number of halogens is 1. The van der Waals surface area contributed by atoms with E-state index in [9.17, 15) is 4.79 Å². The molecule has 0 unspecified atom stereocenters. The van der Waals surface area contributed by atoms with Crippen LogP contribution in [0.15, 0.2) is 28.7 Å². The van der Waals surface area contributed by atoms with Gasteiger partial charge in [0.2, 0.25) is 0 Å². The topological polar surface area (TPSA) is 67.2 Å². The van der Waals surface area contributed by atoms with Crippen molar-refractivity contribution in [2.75, 3.05) is 11.9 Å². The molecule has 20 heavy (non-hydrogen) atoms. The van der Waals surface area contributed by atoms with E-state index in [1.54, 1.807) is 31.2 Å². The number of anilines is 1. The number of rotatable bonds is 4. The predicted molar refractivity (Wildman–Crippen MR) is 78.2 cm³/mol. The zero-order valence-corrected chi connectivity index (χ0v) is 12.1. The van der Waals surface area contributed by atoms with Crippen LogP contribution in [0.5, 0.6) is 0 Å². The number of oxazole rings is 1. The van der Waals surface area contributed by atoms with Crippen molar-refractivity contribution in [1.82, 2.24) is 10.3 Å². The zero-order chi connectivity index (χ0) is 14.5. The molecule has 2 aromatic rings. The van der Waals surface area contributed by atoms with Gasteiger partial charge in [0.05, 0.1) is 5.69 Å². The van der Waals surface area contributed by atoms with Crippen LogP contribution in [0.3, 0.4) is 0 Å². The minimum absolute atomic E-state index is 0.277. The summed E-state index contributed by atoms with van der Waals surface area (Å²) in [5.41, 5.74) is 1.52. The van der Waals surface area contributed by atoms with Gasteiger partial charge in [0.1, 0.15) is 5.76 Å². The van der Waals surface area contributed by atoms with Crippen LogP contribution in [-0.4, -0.2) is 17.6 Å². The molecule has 5 nitrogen and oxygen atoms in total. The van der Waals surface area contributed by atoms with E-state index < -0.39 is 0 Å². The third-order valence-electron chi connectivity index (χ3n) is 2.72. The first-order valence-electron chi connectivity index (χ1n) is 6.28. The molecular weight excluding hydrogens is 278 g/mol. The van der Waals surface area contributed by atoms with Gasteiger partial charge < -0.3 is 15.1 Å². The lowest BCUT2D eigenvalue weighted by Gasteiger charge is -2.07. The van der Waals surface area contributed by atoms with Crippen LogP contribution in [0.25, 0.3) is 0 Å². The summed E-state index contributed by atoms with van der Waals surface area (Å²) in [6.07, 6.45) is 0.607. The number of hydrogen-bond acceptors (Lipinski definition) is 3. The van der Waals surface area contributed by atoms with Crippen LogP contribution in [-0.2, 0) is 6.42 Å². The molecule has 2 rings (SSSR count). The number of aromatic nitrogens is 1. The van der Waals surface area contributed by atoms with Crippen LogP contribution >= 0.6 is 11.6 Å². The van der Waals surface area contributed by atoms with E-state index in [2.05, 4.69) is 15.6 Å². The third-order valence-corrected chi connectivity index (χ3v) is 2.95. The summed E-state index contributed by atoms with van der Waals surface area (Å²) in [6, 6.07) is 6.71. The maximum absolute atomic E-state index is 11.7. The molecule has 1 heterocycles. The highest BCUT2D eigenvalue weighted by Gasteiger charge is 2.07. The molecule has 1 aromatic heterocycles. The number of nitrogens with zero attached hydrogens (tertiary/aromatic N) is 1. The fourth-order valence-corrected chi connectivity index (χ4v) is 2.03. The molecule has 0 atom stereocenters. The van der Waals surface area contributed by atoms with E-state index in [0.717, 1.165) is 11.5 Å². The molecule has 0 spiro atoms. The summed E-state index contributed by atoms with van der Waals surface area (Å²) < 4.78 is 5.43. The maximum atomic E-state index is 11.7. The van der Waals surface area contributed by atoms with Gasteiger partial charge in [-0.1, -0.05) is 17.7 Å². The van der Waals surface area contributed by atoms with Crippen molar-refractivity contribution in [3.05, 3.63) is 46.6 Å². The minimum atomic E-state index is -0.277. The first-order valence-corrected chi connectivity index (χ1v) is 6.66. The second-order valence-electron chi connectivity index (χ2n) is 4.38. The van der Waals surface area contributed by atoms with E-state index in [0.29, 0.717) is 29.6 Å². The smallest absolute Gasteiger partial charge is 0.319 e. The highest BCUT2D eigenvalue weighted by atomic mass is 35.5. The van der Waals surface area contributed by atoms with Gasteiger partial charge in [0.25, 0.3) is 0 Å². The Kier molecular flexibility index (Phi) is 4.63. The third kappa shape index (κ3) is 3.99. The van der Waals surface area contributed by atoms with Gasteiger partial charge in [-0.25, -0.2) is 9.78 Å². The number of carbonyl (C=O) groups is 1. The second kappa shape index (κ2) is 6.43. The lowest BCUT2D eigenvalue weighted by Crippen LogP contribution is -2.30. The molecule has 6 heteroatoms. The molecule has 0 radical (unpaired) electrons. The molecular formula is C14H16ClN3O2. The normalized spacial score (nSPS) is 10.3. The van der Waals surface area contributed by atoms with Crippen LogP contribution in [0.1, 0.15) is 17.3 Å². The highest BCUT2D eigenvalue weighted by Crippen LogP contribution is 2.14. The standard InChI is InChI=1S/C14H16ClN3O2/c1-9-13(20-10(2)17-9)6-7-16-14(19)18-12-5-3-4-11(15)8-12/h3-5,8H,6-7H2,1-2H3,(H2,16,18,19). The number of aryl methyl sites for hydroxylation is 2. The van der Waals surface area contributed by atoms with Crippen molar-refractivity contribution in [3.63, 3.8) is 0 Å².